The van der Waals surface area contributed by atoms with Crippen LogP contribution in [0.4, 0.5) is 25.4 Å². The molecule has 10 nitrogen and oxygen atoms in total. The Morgan fingerprint density at radius 2 is 2.12 bits per heavy atom. The van der Waals surface area contributed by atoms with E-state index in [0.29, 0.717) is 60.8 Å². The molecular formula is C21H26FN7O3S2. The normalized spacial score (nSPS) is 18.3. The van der Waals surface area contributed by atoms with Crippen molar-refractivity contribution in [3.05, 3.63) is 29.8 Å². The number of amides is 2. The molecular weight excluding hydrogens is 481 g/mol. The monoisotopic (exact) mass is 507 g/mol. The number of thioether (sulfide) groups is 1. The maximum Gasteiger partial charge on any atom is 0.414 e. The third kappa shape index (κ3) is 5.58. The minimum Gasteiger partial charge on any atom is -0.442 e. The fourth-order valence-electron chi connectivity index (χ4n) is 3.77. The first kappa shape index (κ1) is 24.2. The fraction of sp³-hybridized carbons (Fsp3) is 0.476. The van der Waals surface area contributed by atoms with Crippen molar-refractivity contribution >= 4 is 51.7 Å². The third-order valence-corrected chi connectivity index (χ3v) is 6.54. The second-order valence-corrected chi connectivity index (χ2v) is 9.48. The van der Waals surface area contributed by atoms with Gasteiger partial charge in [0.05, 0.1) is 29.5 Å². The number of hydrogen-bond acceptors (Lipinski definition) is 8. The zero-order valence-corrected chi connectivity index (χ0v) is 20.5. The van der Waals surface area contributed by atoms with Gasteiger partial charge in [-0.15, -0.1) is 5.10 Å². The summed E-state index contributed by atoms with van der Waals surface area (Å²) in [5, 5.41) is 10.1. The van der Waals surface area contributed by atoms with Crippen LogP contribution in [-0.2, 0) is 11.2 Å². The number of cyclic esters (lactones) is 1. The number of carbonyl (C=O) groups excluding carboxylic acids is 2. The molecule has 2 N–H and O–H groups in total. The van der Waals surface area contributed by atoms with Crippen molar-refractivity contribution in [1.29, 1.82) is 0 Å². The van der Waals surface area contributed by atoms with Crippen LogP contribution in [0.15, 0.2) is 23.4 Å². The lowest BCUT2D eigenvalue weighted by atomic mass is 10.2. The number of piperazine rings is 1. The molecule has 2 saturated heterocycles. The molecule has 1 atom stereocenters. The Morgan fingerprint density at radius 1 is 1.35 bits per heavy atom. The van der Waals surface area contributed by atoms with Gasteiger partial charge in [-0.3, -0.25) is 14.8 Å². The third-order valence-electron chi connectivity index (χ3n) is 5.60. The SMILES string of the molecule is CCc1nc(SC(=O)N2CCN(c3ccc(N4C[C@H](CNC(C)=S)OC4=O)cc3F)CC2)n[nH]1. The summed E-state index contributed by atoms with van der Waals surface area (Å²) in [4.78, 5) is 34.7. The number of H-pyrrole nitrogens is 1. The van der Waals surface area contributed by atoms with Crippen LogP contribution in [0.3, 0.4) is 0 Å². The number of benzene rings is 1. The molecule has 13 heteroatoms. The average Bonchev–Trinajstić information content (AvgIpc) is 3.43. The molecule has 34 heavy (non-hydrogen) atoms. The van der Waals surface area contributed by atoms with E-state index in [1.165, 1.54) is 11.0 Å². The summed E-state index contributed by atoms with van der Waals surface area (Å²) in [6.45, 7) is 6.35. The molecule has 0 bridgehead atoms. The van der Waals surface area contributed by atoms with Crippen LogP contribution in [0.2, 0.25) is 0 Å². The van der Waals surface area contributed by atoms with Crippen LogP contribution in [0.5, 0.6) is 0 Å². The van der Waals surface area contributed by atoms with Gasteiger partial charge < -0.3 is 19.9 Å². The number of halogens is 1. The maximum absolute atomic E-state index is 15.0. The number of ether oxygens (including phenoxy) is 1. The zero-order chi connectivity index (χ0) is 24.2. The molecule has 1 aromatic heterocycles. The van der Waals surface area contributed by atoms with Crippen molar-refractivity contribution in [2.45, 2.75) is 31.5 Å². The molecule has 2 fully saturated rings. The van der Waals surface area contributed by atoms with E-state index in [9.17, 15) is 14.0 Å². The zero-order valence-electron chi connectivity index (χ0n) is 18.9. The lowest BCUT2D eigenvalue weighted by Gasteiger charge is -2.36. The minimum atomic E-state index is -0.511. The number of nitrogens with zero attached hydrogens (tertiary/aromatic N) is 5. The van der Waals surface area contributed by atoms with Gasteiger partial charge in [-0.1, -0.05) is 19.1 Å². The maximum atomic E-state index is 15.0. The second kappa shape index (κ2) is 10.6. The van der Waals surface area contributed by atoms with Gasteiger partial charge in [0.1, 0.15) is 17.7 Å². The summed E-state index contributed by atoms with van der Waals surface area (Å²) in [6, 6.07) is 4.72. The molecule has 182 valence electrons. The van der Waals surface area contributed by atoms with Gasteiger partial charge in [0.2, 0.25) is 5.16 Å². The first-order valence-corrected chi connectivity index (χ1v) is 12.2. The Bertz CT molecular complexity index is 1070. The van der Waals surface area contributed by atoms with Gasteiger partial charge in [0.25, 0.3) is 5.24 Å². The Balaban J connectivity index is 1.33. The number of anilines is 2. The highest BCUT2D eigenvalue weighted by Gasteiger charge is 2.33. The molecule has 4 rings (SSSR count). The molecule has 0 spiro atoms. The molecule has 0 radical (unpaired) electrons. The molecule has 3 heterocycles. The van der Waals surface area contributed by atoms with Crippen molar-refractivity contribution < 1.29 is 18.7 Å². The highest BCUT2D eigenvalue weighted by Crippen LogP contribution is 2.29. The van der Waals surface area contributed by atoms with E-state index in [4.69, 9.17) is 17.0 Å². The molecule has 2 amide bonds. The quantitative estimate of drug-likeness (QED) is 0.451. The number of nitrogens with one attached hydrogen (secondary N) is 2. The molecule has 2 aliphatic heterocycles. The number of aromatic nitrogens is 3. The minimum absolute atomic E-state index is 0.127. The molecule has 2 aliphatic rings. The average molecular weight is 508 g/mol. The van der Waals surface area contributed by atoms with Gasteiger partial charge in [-0.2, -0.15) is 0 Å². The van der Waals surface area contributed by atoms with E-state index in [2.05, 4.69) is 20.5 Å². The van der Waals surface area contributed by atoms with Crippen LogP contribution in [-0.4, -0.2) is 81.8 Å². The first-order chi connectivity index (χ1) is 16.3. The van der Waals surface area contributed by atoms with E-state index in [1.54, 1.807) is 24.0 Å². The van der Waals surface area contributed by atoms with Crippen LogP contribution >= 0.6 is 24.0 Å². The molecule has 0 saturated carbocycles. The van der Waals surface area contributed by atoms with E-state index < -0.39 is 11.9 Å². The van der Waals surface area contributed by atoms with Gasteiger partial charge in [0, 0.05) is 44.4 Å². The first-order valence-electron chi connectivity index (χ1n) is 11.0. The summed E-state index contributed by atoms with van der Waals surface area (Å²) >= 11 is 5.97. The highest BCUT2D eigenvalue weighted by molar-refractivity contribution is 8.13. The van der Waals surface area contributed by atoms with Crippen molar-refractivity contribution in [2.75, 3.05) is 49.1 Å². The van der Waals surface area contributed by atoms with Gasteiger partial charge in [-0.05, 0) is 25.1 Å². The number of thiocarbonyl (C=S) groups is 1. The summed E-state index contributed by atoms with van der Waals surface area (Å²) in [6.07, 6.45) is -0.153. The number of carbonyl (C=O) groups is 2. The smallest absolute Gasteiger partial charge is 0.414 e. The molecule has 2 aromatic rings. The number of hydrogen-bond donors (Lipinski definition) is 2. The van der Waals surface area contributed by atoms with Crippen molar-refractivity contribution in [2.24, 2.45) is 0 Å². The van der Waals surface area contributed by atoms with Crippen LogP contribution in [0.1, 0.15) is 19.7 Å². The standard InChI is InChI=1S/C21H26FN7O3S2/c1-3-18-24-19(26-25-18)34-21(31)28-8-6-27(7-9-28)17-5-4-14(10-16(17)22)29-12-15(32-20(29)30)11-23-13(2)33/h4-5,10,15H,3,6-9,11-12H2,1-2H3,(H,23,33)(H,24,25,26)/t15-/m0/s1. The van der Waals surface area contributed by atoms with Crippen LogP contribution < -0.4 is 15.1 Å². The Labute approximate surface area is 206 Å². The van der Waals surface area contributed by atoms with Crippen molar-refractivity contribution in [1.82, 2.24) is 25.4 Å². The summed E-state index contributed by atoms with van der Waals surface area (Å²) in [5.74, 6) is 0.307. The molecule has 0 unspecified atom stereocenters. The Kier molecular flexibility index (Phi) is 7.51. The number of aryl methyl sites for hydroxylation is 1. The number of aromatic amines is 1. The topological polar surface area (TPSA) is 107 Å². The van der Waals surface area contributed by atoms with Crippen molar-refractivity contribution in [3.8, 4) is 0 Å². The lowest BCUT2D eigenvalue weighted by molar-refractivity contribution is 0.143. The van der Waals surface area contributed by atoms with Gasteiger partial charge in [0.15, 0.2) is 0 Å². The highest BCUT2D eigenvalue weighted by atomic mass is 32.2. The Hall–Kier alpha value is -2.93. The molecule has 1 aromatic carbocycles. The van der Waals surface area contributed by atoms with Crippen molar-refractivity contribution in [3.63, 3.8) is 0 Å². The number of rotatable bonds is 6. The summed E-state index contributed by atoms with van der Waals surface area (Å²) < 4.78 is 20.3. The predicted octanol–water partition coefficient (Wildman–Crippen LogP) is 2.80. The van der Waals surface area contributed by atoms with E-state index in [0.717, 1.165) is 24.0 Å². The van der Waals surface area contributed by atoms with Gasteiger partial charge in [-0.25, -0.2) is 14.2 Å². The Morgan fingerprint density at radius 3 is 2.76 bits per heavy atom. The lowest BCUT2D eigenvalue weighted by Crippen LogP contribution is -2.48. The predicted molar refractivity (Wildman–Crippen MR) is 131 cm³/mol. The van der Waals surface area contributed by atoms with E-state index >= 15 is 0 Å². The molecule has 0 aliphatic carbocycles. The summed E-state index contributed by atoms with van der Waals surface area (Å²) in [7, 11) is 0. The summed E-state index contributed by atoms with van der Waals surface area (Å²) in [5.41, 5.74) is 0.878. The van der Waals surface area contributed by atoms with E-state index in [-0.39, 0.29) is 11.3 Å². The largest absolute Gasteiger partial charge is 0.442 e. The van der Waals surface area contributed by atoms with Crippen LogP contribution in [0.25, 0.3) is 0 Å². The fourth-order valence-corrected chi connectivity index (χ4v) is 4.57. The van der Waals surface area contributed by atoms with Crippen LogP contribution in [0, 0.1) is 5.82 Å². The van der Waals surface area contributed by atoms with Gasteiger partial charge >= 0.3 is 6.09 Å². The second-order valence-electron chi connectivity index (χ2n) is 7.95. The van der Waals surface area contributed by atoms with E-state index in [1.807, 2.05) is 11.8 Å².